The number of piperazine rings is 1. The Morgan fingerprint density at radius 3 is 2.62 bits per heavy atom. The van der Waals surface area contributed by atoms with E-state index < -0.39 is 0 Å². The average Bonchev–Trinajstić information content (AvgIpc) is 2.80. The molecule has 32 heavy (non-hydrogen) atoms. The standard InChI is InChI=1S/C24H27FN4O3/c1-17-14-29(10-9-28(17)15-18-7-8-20(30-2)12-22(18)31-3)23-13-24(27-16-26-23)32-21-6-4-5-19(25)11-21/h4-8,11-13,16-17H,9-10,14-15H2,1-3H3. The molecule has 1 unspecified atom stereocenters. The summed E-state index contributed by atoms with van der Waals surface area (Å²) >= 11 is 0. The lowest BCUT2D eigenvalue weighted by molar-refractivity contribution is 0.178. The van der Waals surface area contributed by atoms with Crippen LogP contribution in [-0.2, 0) is 6.54 Å². The second kappa shape index (κ2) is 9.82. The molecule has 2 aromatic carbocycles. The second-order valence-corrected chi connectivity index (χ2v) is 7.72. The van der Waals surface area contributed by atoms with E-state index in [1.807, 2.05) is 12.1 Å². The quantitative estimate of drug-likeness (QED) is 0.550. The number of nitrogens with zero attached hydrogens (tertiary/aromatic N) is 4. The van der Waals surface area contributed by atoms with Crippen molar-refractivity contribution in [2.75, 3.05) is 38.8 Å². The highest BCUT2D eigenvalue weighted by Crippen LogP contribution is 2.28. The third-order valence-electron chi connectivity index (χ3n) is 5.60. The summed E-state index contributed by atoms with van der Waals surface area (Å²) < 4.78 is 30.0. The minimum Gasteiger partial charge on any atom is -0.497 e. The predicted molar refractivity (Wildman–Crippen MR) is 120 cm³/mol. The van der Waals surface area contributed by atoms with Crippen molar-refractivity contribution in [2.45, 2.75) is 19.5 Å². The van der Waals surface area contributed by atoms with Gasteiger partial charge in [0.05, 0.1) is 14.2 Å². The smallest absolute Gasteiger partial charge is 0.224 e. The number of aromatic nitrogens is 2. The maximum atomic E-state index is 13.4. The topological polar surface area (TPSA) is 60.0 Å². The molecule has 1 fully saturated rings. The van der Waals surface area contributed by atoms with Gasteiger partial charge in [-0.3, -0.25) is 4.90 Å². The molecule has 168 valence electrons. The number of hydrogen-bond acceptors (Lipinski definition) is 7. The van der Waals surface area contributed by atoms with Gasteiger partial charge in [-0.25, -0.2) is 14.4 Å². The molecule has 0 bridgehead atoms. The van der Waals surface area contributed by atoms with Gasteiger partial charge in [0.2, 0.25) is 5.88 Å². The molecule has 1 aliphatic rings. The van der Waals surface area contributed by atoms with Gasteiger partial charge in [0.1, 0.15) is 35.2 Å². The van der Waals surface area contributed by atoms with Gasteiger partial charge in [-0.2, -0.15) is 0 Å². The zero-order chi connectivity index (χ0) is 22.5. The van der Waals surface area contributed by atoms with Crippen LogP contribution in [0.4, 0.5) is 10.2 Å². The van der Waals surface area contributed by atoms with E-state index in [9.17, 15) is 4.39 Å². The molecule has 0 spiro atoms. The molecular formula is C24H27FN4O3. The molecule has 0 radical (unpaired) electrons. The van der Waals surface area contributed by atoms with Crippen LogP contribution in [0.3, 0.4) is 0 Å². The number of benzene rings is 2. The maximum Gasteiger partial charge on any atom is 0.224 e. The van der Waals surface area contributed by atoms with Crippen LogP contribution in [0.25, 0.3) is 0 Å². The molecule has 7 nitrogen and oxygen atoms in total. The number of anilines is 1. The van der Waals surface area contributed by atoms with E-state index >= 15 is 0 Å². The summed E-state index contributed by atoms with van der Waals surface area (Å²) in [6.07, 6.45) is 1.48. The zero-order valence-corrected chi connectivity index (χ0v) is 18.5. The van der Waals surface area contributed by atoms with Crippen LogP contribution in [0.2, 0.25) is 0 Å². The van der Waals surface area contributed by atoms with Crippen molar-refractivity contribution in [3.05, 3.63) is 66.2 Å². The van der Waals surface area contributed by atoms with E-state index in [0.29, 0.717) is 17.7 Å². The van der Waals surface area contributed by atoms with Crippen molar-refractivity contribution in [3.8, 4) is 23.1 Å². The van der Waals surface area contributed by atoms with Gasteiger partial charge < -0.3 is 19.1 Å². The third-order valence-corrected chi connectivity index (χ3v) is 5.60. The Kier molecular flexibility index (Phi) is 6.70. The van der Waals surface area contributed by atoms with Gasteiger partial charge in [0, 0.05) is 56.0 Å². The number of methoxy groups -OCH3 is 2. The third kappa shape index (κ3) is 5.08. The average molecular weight is 439 g/mol. The van der Waals surface area contributed by atoms with Crippen molar-refractivity contribution < 1.29 is 18.6 Å². The molecule has 4 rings (SSSR count). The Hall–Kier alpha value is -3.39. The Balaban J connectivity index is 1.41. The van der Waals surface area contributed by atoms with Crippen LogP contribution < -0.4 is 19.1 Å². The summed E-state index contributed by atoms with van der Waals surface area (Å²) in [4.78, 5) is 13.2. The molecule has 8 heteroatoms. The molecule has 1 atom stereocenters. The van der Waals surface area contributed by atoms with Crippen LogP contribution in [0.5, 0.6) is 23.1 Å². The van der Waals surface area contributed by atoms with Gasteiger partial charge in [0.25, 0.3) is 0 Å². The highest BCUT2D eigenvalue weighted by molar-refractivity contribution is 5.43. The van der Waals surface area contributed by atoms with Crippen molar-refractivity contribution in [1.29, 1.82) is 0 Å². The minimum atomic E-state index is -0.352. The molecule has 0 aliphatic carbocycles. The molecule has 0 N–H and O–H groups in total. The van der Waals surface area contributed by atoms with Crippen LogP contribution in [0.1, 0.15) is 12.5 Å². The van der Waals surface area contributed by atoms with E-state index in [-0.39, 0.29) is 5.82 Å². The summed E-state index contributed by atoms with van der Waals surface area (Å²) in [6.45, 7) is 5.50. The number of hydrogen-bond donors (Lipinski definition) is 0. The van der Waals surface area contributed by atoms with Crippen molar-refractivity contribution in [2.24, 2.45) is 0 Å². The molecule has 1 aromatic heterocycles. The molecule has 1 aliphatic heterocycles. The minimum absolute atomic E-state index is 0.304. The summed E-state index contributed by atoms with van der Waals surface area (Å²) in [5.74, 6) is 2.84. The molecule has 1 saturated heterocycles. The largest absolute Gasteiger partial charge is 0.497 e. The van der Waals surface area contributed by atoms with E-state index in [2.05, 4.69) is 32.8 Å². The van der Waals surface area contributed by atoms with Crippen LogP contribution in [0.15, 0.2) is 54.9 Å². The normalized spacial score (nSPS) is 16.6. The zero-order valence-electron chi connectivity index (χ0n) is 18.5. The fraction of sp³-hybridized carbons (Fsp3) is 0.333. The van der Waals surface area contributed by atoms with Crippen LogP contribution in [0, 0.1) is 5.82 Å². The molecular weight excluding hydrogens is 411 g/mol. The Morgan fingerprint density at radius 1 is 1.00 bits per heavy atom. The predicted octanol–water partition coefficient (Wildman–Crippen LogP) is 4.14. The fourth-order valence-corrected chi connectivity index (χ4v) is 3.85. The lowest BCUT2D eigenvalue weighted by Gasteiger charge is -2.40. The number of ether oxygens (including phenoxy) is 3. The molecule has 3 aromatic rings. The van der Waals surface area contributed by atoms with Gasteiger partial charge in [0.15, 0.2) is 0 Å². The Bertz CT molecular complexity index is 1060. The number of rotatable bonds is 7. The van der Waals surface area contributed by atoms with Gasteiger partial charge in [-0.15, -0.1) is 0 Å². The highest BCUT2D eigenvalue weighted by atomic mass is 19.1. The highest BCUT2D eigenvalue weighted by Gasteiger charge is 2.25. The first-order valence-corrected chi connectivity index (χ1v) is 10.5. The maximum absolute atomic E-state index is 13.4. The first-order valence-electron chi connectivity index (χ1n) is 10.5. The van der Waals surface area contributed by atoms with Gasteiger partial charge >= 0.3 is 0 Å². The van der Waals surface area contributed by atoms with Crippen LogP contribution >= 0.6 is 0 Å². The molecule has 0 saturated carbocycles. The lowest BCUT2D eigenvalue weighted by atomic mass is 10.1. The van der Waals surface area contributed by atoms with Gasteiger partial charge in [-0.1, -0.05) is 12.1 Å². The van der Waals surface area contributed by atoms with E-state index in [0.717, 1.165) is 49.1 Å². The monoisotopic (exact) mass is 438 g/mol. The van der Waals surface area contributed by atoms with E-state index in [1.165, 1.54) is 18.5 Å². The lowest BCUT2D eigenvalue weighted by Crippen LogP contribution is -2.51. The van der Waals surface area contributed by atoms with Gasteiger partial charge in [-0.05, 0) is 25.1 Å². The molecule has 0 amide bonds. The van der Waals surface area contributed by atoms with Crippen molar-refractivity contribution in [3.63, 3.8) is 0 Å². The fourth-order valence-electron chi connectivity index (χ4n) is 3.85. The summed E-state index contributed by atoms with van der Waals surface area (Å²) in [5.41, 5.74) is 1.13. The Labute approximate surface area is 187 Å². The molecule has 2 heterocycles. The van der Waals surface area contributed by atoms with Crippen molar-refractivity contribution >= 4 is 5.82 Å². The first kappa shape index (κ1) is 21.8. The second-order valence-electron chi connectivity index (χ2n) is 7.72. The first-order chi connectivity index (χ1) is 15.6. The van der Waals surface area contributed by atoms with E-state index in [1.54, 1.807) is 32.4 Å². The van der Waals surface area contributed by atoms with Crippen LogP contribution in [-0.4, -0.2) is 54.8 Å². The van der Waals surface area contributed by atoms with Crippen molar-refractivity contribution in [1.82, 2.24) is 14.9 Å². The van der Waals surface area contributed by atoms with E-state index in [4.69, 9.17) is 14.2 Å². The summed E-state index contributed by atoms with van der Waals surface area (Å²) in [5, 5.41) is 0. The number of halogens is 1. The SMILES string of the molecule is COc1ccc(CN2CCN(c3cc(Oc4cccc(F)c4)ncn3)CC2C)c(OC)c1. The summed E-state index contributed by atoms with van der Waals surface area (Å²) in [7, 11) is 3.33. The summed E-state index contributed by atoms with van der Waals surface area (Å²) in [6, 6.07) is 14.0. The Morgan fingerprint density at radius 2 is 1.88 bits per heavy atom.